The normalized spacial score (nSPS) is 13.0. The van der Waals surface area contributed by atoms with Crippen molar-refractivity contribution in [2.75, 3.05) is 16.7 Å². The van der Waals surface area contributed by atoms with E-state index in [1.807, 2.05) is 30.3 Å². The van der Waals surface area contributed by atoms with E-state index in [0.29, 0.717) is 28.4 Å². The number of carbonyl (C=O) groups is 1. The molecule has 5 rings (SSSR count). The van der Waals surface area contributed by atoms with Gasteiger partial charge in [0.1, 0.15) is 5.75 Å². The van der Waals surface area contributed by atoms with Crippen LogP contribution in [-0.4, -0.2) is 26.5 Å². The Balaban J connectivity index is 1.54. The molecule has 0 unspecified atom stereocenters. The number of benzene rings is 4. The number of hydrogen-bond donors (Lipinski definition) is 2. The number of sulfonamides is 1. The third kappa shape index (κ3) is 3.27. The molecule has 7 heteroatoms. The number of carbonyl (C=O) groups excluding carboxylic acids is 1. The van der Waals surface area contributed by atoms with Gasteiger partial charge in [-0.05, 0) is 47.9 Å². The Morgan fingerprint density at radius 2 is 1.69 bits per heavy atom. The van der Waals surface area contributed by atoms with E-state index in [4.69, 9.17) is 0 Å². The largest absolute Gasteiger partial charge is 0.506 e. The van der Waals surface area contributed by atoms with Crippen LogP contribution in [0.3, 0.4) is 0 Å². The first-order valence-corrected chi connectivity index (χ1v) is 11.6. The lowest BCUT2D eigenvalue weighted by atomic mass is 10.0. The molecule has 4 aromatic rings. The number of hydrogen-bond acceptors (Lipinski definition) is 4. The Labute approximate surface area is 185 Å². The number of nitrogens with one attached hydrogen (secondary N) is 1. The highest BCUT2D eigenvalue weighted by atomic mass is 32.2. The molecule has 0 saturated carbocycles. The van der Waals surface area contributed by atoms with E-state index in [1.54, 1.807) is 43.4 Å². The molecule has 4 aromatic carbocycles. The molecule has 0 aliphatic carbocycles. The highest BCUT2D eigenvalue weighted by Crippen LogP contribution is 2.40. The van der Waals surface area contributed by atoms with Crippen LogP contribution in [0.15, 0.2) is 83.8 Å². The van der Waals surface area contributed by atoms with Crippen molar-refractivity contribution in [3.63, 3.8) is 0 Å². The number of phenolic OH excluding ortho intramolecular Hbond substituents is 1. The fraction of sp³-hybridized carbons (Fsp3) is 0.0800. The van der Waals surface area contributed by atoms with Crippen LogP contribution in [0.1, 0.15) is 21.5 Å². The summed E-state index contributed by atoms with van der Waals surface area (Å²) in [5.74, 6) is -0.328. The summed E-state index contributed by atoms with van der Waals surface area (Å²) in [7, 11) is -2.37. The number of aromatic hydroxyl groups is 1. The van der Waals surface area contributed by atoms with Gasteiger partial charge in [0.05, 0.1) is 16.3 Å². The summed E-state index contributed by atoms with van der Waals surface area (Å²) in [5, 5.41) is 11.4. The standard InChI is InChI=1S/C25H20N2O4S/c1-27-21-11-13-23(18-8-5-9-19(24(18)21)25(27)29)32(30,31)26-20-15-17(10-12-22(20)28)14-16-6-3-2-4-7-16/h2-13,15,26,28H,14H2,1H3. The van der Waals surface area contributed by atoms with Gasteiger partial charge in [-0.3, -0.25) is 9.52 Å². The second-order valence-corrected chi connectivity index (χ2v) is 9.45. The second-order valence-electron chi connectivity index (χ2n) is 7.79. The number of nitrogens with zero attached hydrogens (tertiary/aromatic N) is 1. The minimum Gasteiger partial charge on any atom is -0.506 e. The van der Waals surface area contributed by atoms with Gasteiger partial charge in [0.25, 0.3) is 15.9 Å². The molecular weight excluding hydrogens is 424 g/mol. The Kier molecular flexibility index (Phi) is 4.64. The van der Waals surface area contributed by atoms with Crippen molar-refractivity contribution in [2.45, 2.75) is 11.3 Å². The van der Waals surface area contributed by atoms with Crippen molar-refractivity contribution < 1.29 is 18.3 Å². The van der Waals surface area contributed by atoms with Gasteiger partial charge in [-0.1, -0.05) is 48.5 Å². The molecule has 32 heavy (non-hydrogen) atoms. The molecule has 160 valence electrons. The third-order valence-electron chi connectivity index (χ3n) is 5.72. The lowest BCUT2D eigenvalue weighted by Gasteiger charge is -2.14. The summed E-state index contributed by atoms with van der Waals surface area (Å²) >= 11 is 0. The zero-order valence-electron chi connectivity index (χ0n) is 17.2. The number of phenols is 1. The molecular formula is C25H20N2O4S. The monoisotopic (exact) mass is 444 g/mol. The molecule has 0 saturated heterocycles. The van der Waals surface area contributed by atoms with Gasteiger partial charge in [0.2, 0.25) is 0 Å². The highest BCUT2D eigenvalue weighted by molar-refractivity contribution is 7.93. The molecule has 0 radical (unpaired) electrons. The summed E-state index contributed by atoms with van der Waals surface area (Å²) in [5.41, 5.74) is 3.19. The third-order valence-corrected chi connectivity index (χ3v) is 7.14. The topological polar surface area (TPSA) is 86.7 Å². The predicted molar refractivity (Wildman–Crippen MR) is 125 cm³/mol. The van der Waals surface area contributed by atoms with E-state index < -0.39 is 10.0 Å². The fourth-order valence-corrected chi connectivity index (χ4v) is 5.42. The minimum atomic E-state index is -4.03. The van der Waals surface area contributed by atoms with E-state index in [9.17, 15) is 18.3 Å². The van der Waals surface area contributed by atoms with Crippen molar-refractivity contribution in [1.29, 1.82) is 0 Å². The maximum atomic E-state index is 13.3. The molecule has 2 N–H and O–H groups in total. The van der Waals surface area contributed by atoms with E-state index in [-0.39, 0.29) is 22.2 Å². The molecule has 1 aliphatic heterocycles. The van der Waals surface area contributed by atoms with Crippen molar-refractivity contribution in [2.24, 2.45) is 0 Å². The summed E-state index contributed by atoms with van der Waals surface area (Å²) in [6.45, 7) is 0. The molecule has 1 amide bonds. The van der Waals surface area contributed by atoms with Gasteiger partial charge in [0.15, 0.2) is 0 Å². The second kappa shape index (κ2) is 7.39. The van der Waals surface area contributed by atoms with E-state index in [2.05, 4.69) is 4.72 Å². The van der Waals surface area contributed by atoms with Crippen LogP contribution in [-0.2, 0) is 16.4 Å². The summed E-state index contributed by atoms with van der Waals surface area (Å²) in [6, 6.07) is 22.9. The van der Waals surface area contributed by atoms with Crippen LogP contribution in [0.5, 0.6) is 5.75 Å². The van der Waals surface area contributed by atoms with E-state index >= 15 is 0 Å². The quantitative estimate of drug-likeness (QED) is 0.443. The van der Waals surface area contributed by atoms with Gasteiger partial charge < -0.3 is 10.0 Å². The Bertz CT molecular complexity index is 1480. The van der Waals surface area contributed by atoms with Crippen LogP contribution in [0.4, 0.5) is 11.4 Å². The SMILES string of the molecule is CN1C(=O)c2cccc3c(S(=O)(=O)Nc4cc(Cc5ccccc5)ccc4O)ccc1c23. The molecule has 0 fully saturated rings. The lowest BCUT2D eigenvalue weighted by molar-refractivity contribution is 0.0999. The first kappa shape index (κ1) is 20.1. The van der Waals surface area contributed by atoms with Crippen molar-refractivity contribution in [3.05, 3.63) is 95.6 Å². The first-order chi connectivity index (χ1) is 15.3. The van der Waals surface area contributed by atoms with E-state index in [1.165, 1.54) is 17.0 Å². The van der Waals surface area contributed by atoms with Gasteiger partial charge >= 0.3 is 0 Å². The van der Waals surface area contributed by atoms with Crippen LogP contribution in [0, 0.1) is 0 Å². The Morgan fingerprint density at radius 1 is 0.906 bits per heavy atom. The van der Waals surface area contributed by atoms with E-state index in [0.717, 1.165) is 11.1 Å². The van der Waals surface area contributed by atoms with Gasteiger partial charge in [-0.25, -0.2) is 8.42 Å². The van der Waals surface area contributed by atoms with Crippen molar-refractivity contribution in [1.82, 2.24) is 0 Å². The Morgan fingerprint density at radius 3 is 2.47 bits per heavy atom. The smallest absolute Gasteiger partial charge is 0.262 e. The van der Waals surface area contributed by atoms with Crippen LogP contribution in [0.2, 0.25) is 0 Å². The van der Waals surface area contributed by atoms with Crippen LogP contribution in [0.25, 0.3) is 10.8 Å². The lowest BCUT2D eigenvalue weighted by Crippen LogP contribution is -2.20. The molecule has 0 spiro atoms. The van der Waals surface area contributed by atoms with Crippen LogP contribution < -0.4 is 9.62 Å². The molecule has 1 aliphatic rings. The maximum Gasteiger partial charge on any atom is 0.262 e. The average molecular weight is 445 g/mol. The molecule has 0 bridgehead atoms. The zero-order valence-corrected chi connectivity index (χ0v) is 18.1. The fourth-order valence-electron chi connectivity index (χ4n) is 4.15. The van der Waals surface area contributed by atoms with Crippen LogP contribution >= 0.6 is 0 Å². The average Bonchev–Trinajstić information content (AvgIpc) is 3.03. The number of rotatable bonds is 5. The number of amides is 1. The Hall–Kier alpha value is -3.84. The maximum absolute atomic E-state index is 13.3. The zero-order chi connectivity index (χ0) is 22.5. The molecule has 1 heterocycles. The summed E-state index contributed by atoms with van der Waals surface area (Å²) < 4.78 is 29.2. The summed E-state index contributed by atoms with van der Waals surface area (Å²) in [4.78, 5) is 14.1. The van der Waals surface area contributed by atoms with Gasteiger partial charge in [-0.2, -0.15) is 0 Å². The van der Waals surface area contributed by atoms with Gasteiger partial charge in [-0.15, -0.1) is 0 Å². The molecule has 0 aromatic heterocycles. The molecule has 6 nitrogen and oxygen atoms in total. The molecule has 0 atom stereocenters. The highest BCUT2D eigenvalue weighted by Gasteiger charge is 2.30. The predicted octanol–water partition coefficient (Wildman–Crippen LogP) is 4.53. The minimum absolute atomic E-state index is 0.0501. The first-order valence-electron chi connectivity index (χ1n) is 10.1. The van der Waals surface area contributed by atoms with Crippen molar-refractivity contribution in [3.8, 4) is 5.75 Å². The van der Waals surface area contributed by atoms with Crippen molar-refractivity contribution >= 4 is 38.1 Å². The number of anilines is 2. The summed E-state index contributed by atoms with van der Waals surface area (Å²) in [6.07, 6.45) is 0.602. The van der Waals surface area contributed by atoms with Gasteiger partial charge in [0, 0.05) is 23.4 Å².